The summed E-state index contributed by atoms with van der Waals surface area (Å²) in [6.07, 6.45) is 7.07. The van der Waals surface area contributed by atoms with E-state index < -0.39 is 0 Å². The highest BCUT2D eigenvalue weighted by Gasteiger charge is 2.09. The molecule has 1 atom stereocenters. The van der Waals surface area contributed by atoms with E-state index in [9.17, 15) is 0 Å². The van der Waals surface area contributed by atoms with Gasteiger partial charge in [0.15, 0.2) is 0 Å². The van der Waals surface area contributed by atoms with E-state index >= 15 is 0 Å². The Morgan fingerprint density at radius 2 is 2.60 bits per heavy atom. The molecule has 10 heavy (non-hydrogen) atoms. The molecule has 3 nitrogen and oxygen atoms in total. The second-order valence-corrected chi connectivity index (χ2v) is 2.22. The maximum Gasteiger partial charge on any atom is 0.111 e. The summed E-state index contributed by atoms with van der Waals surface area (Å²) in [5, 5.41) is 3.08. The lowest BCUT2D eigenvalue weighted by atomic mass is 10.1. The van der Waals surface area contributed by atoms with Crippen LogP contribution in [0.25, 0.3) is 0 Å². The molecule has 0 saturated carbocycles. The number of hydrazine groups is 1. The number of dihydropyridines is 1. The second-order valence-electron chi connectivity index (χ2n) is 2.22. The van der Waals surface area contributed by atoms with Crippen LogP contribution in [0, 0.1) is 0 Å². The molecule has 0 aromatic rings. The summed E-state index contributed by atoms with van der Waals surface area (Å²) in [7, 11) is 0. The molecular weight excluding hydrogens is 126 g/mol. The molecule has 0 aliphatic carbocycles. The van der Waals surface area contributed by atoms with Crippen LogP contribution in [0.2, 0.25) is 0 Å². The van der Waals surface area contributed by atoms with Crippen molar-refractivity contribution in [3.8, 4) is 0 Å². The predicted molar refractivity (Wildman–Crippen MR) is 41.8 cm³/mol. The van der Waals surface area contributed by atoms with E-state index in [4.69, 9.17) is 5.84 Å². The molecule has 1 unspecified atom stereocenters. The summed E-state index contributed by atoms with van der Waals surface area (Å²) in [6, 6.07) is 0. The van der Waals surface area contributed by atoms with Crippen LogP contribution in [0.4, 0.5) is 0 Å². The molecule has 1 aliphatic rings. The van der Waals surface area contributed by atoms with Gasteiger partial charge >= 0.3 is 0 Å². The van der Waals surface area contributed by atoms with Crippen LogP contribution in [0.3, 0.4) is 0 Å². The van der Waals surface area contributed by atoms with Crippen LogP contribution >= 0.6 is 0 Å². The molecule has 0 radical (unpaired) electrons. The average Bonchev–Trinajstić information content (AvgIpc) is 2.04. The molecule has 1 rings (SSSR count). The molecule has 0 spiro atoms. The van der Waals surface area contributed by atoms with Crippen LogP contribution in [-0.4, -0.2) is 6.17 Å². The van der Waals surface area contributed by atoms with E-state index in [1.165, 1.54) is 5.57 Å². The third-order valence-electron chi connectivity index (χ3n) is 1.62. The minimum atomic E-state index is 0.120. The summed E-state index contributed by atoms with van der Waals surface area (Å²) >= 11 is 0. The lowest BCUT2D eigenvalue weighted by Crippen LogP contribution is -2.46. The monoisotopic (exact) mass is 139 g/mol. The SMILES string of the molecule is CCC1=CC=CNC1NN. The highest BCUT2D eigenvalue weighted by Crippen LogP contribution is 2.07. The third kappa shape index (κ3) is 1.37. The van der Waals surface area contributed by atoms with Crippen LogP contribution < -0.4 is 16.6 Å². The zero-order chi connectivity index (χ0) is 7.40. The summed E-state index contributed by atoms with van der Waals surface area (Å²) in [5.74, 6) is 5.28. The maximum absolute atomic E-state index is 5.28. The van der Waals surface area contributed by atoms with Crippen molar-refractivity contribution in [2.75, 3.05) is 0 Å². The summed E-state index contributed by atoms with van der Waals surface area (Å²) in [6.45, 7) is 2.11. The molecule has 0 aromatic heterocycles. The quantitative estimate of drug-likeness (QED) is 0.379. The van der Waals surface area contributed by atoms with E-state index in [0.29, 0.717) is 0 Å². The van der Waals surface area contributed by atoms with Crippen LogP contribution in [0.1, 0.15) is 13.3 Å². The Labute approximate surface area is 61.0 Å². The van der Waals surface area contributed by atoms with Crippen molar-refractivity contribution >= 4 is 0 Å². The smallest absolute Gasteiger partial charge is 0.111 e. The molecule has 1 heterocycles. The first-order valence-corrected chi connectivity index (χ1v) is 3.46. The predicted octanol–water partition coefficient (Wildman–Crippen LogP) is 0.229. The Balaban J connectivity index is 2.61. The highest BCUT2D eigenvalue weighted by atomic mass is 15.3. The minimum absolute atomic E-state index is 0.120. The van der Waals surface area contributed by atoms with Gasteiger partial charge in [-0.15, -0.1) is 0 Å². The largest absolute Gasteiger partial charge is 0.371 e. The van der Waals surface area contributed by atoms with Gasteiger partial charge in [-0.2, -0.15) is 0 Å². The number of hydrogen-bond donors (Lipinski definition) is 3. The lowest BCUT2D eigenvalue weighted by Gasteiger charge is -2.21. The van der Waals surface area contributed by atoms with Crippen molar-refractivity contribution in [3.63, 3.8) is 0 Å². The van der Waals surface area contributed by atoms with Gasteiger partial charge in [-0.3, -0.25) is 5.84 Å². The first-order chi connectivity index (χ1) is 4.88. The molecular formula is C7H13N3. The van der Waals surface area contributed by atoms with Gasteiger partial charge in [-0.1, -0.05) is 13.0 Å². The summed E-state index contributed by atoms with van der Waals surface area (Å²) in [4.78, 5) is 0. The minimum Gasteiger partial charge on any atom is -0.371 e. The fourth-order valence-corrected chi connectivity index (χ4v) is 1.00. The molecule has 3 heteroatoms. The maximum atomic E-state index is 5.28. The zero-order valence-corrected chi connectivity index (χ0v) is 6.09. The molecule has 0 amide bonds. The fourth-order valence-electron chi connectivity index (χ4n) is 1.00. The topological polar surface area (TPSA) is 50.1 Å². The number of rotatable bonds is 2. The van der Waals surface area contributed by atoms with Crippen molar-refractivity contribution in [1.29, 1.82) is 0 Å². The van der Waals surface area contributed by atoms with E-state index in [0.717, 1.165) is 6.42 Å². The molecule has 0 saturated heterocycles. The van der Waals surface area contributed by atoms with Crippen molar-refractivity contribution in [2.45, 2.75) is 19.5 Å². The number of nitrogens with one attached hydrogen (secondary N) is 2. The highest BCUT2D eigenvalue weighted by molar-refractivity contribution is 5.21. The second kappa shape index (κ2) is 3.39. The normalized spacial score (nSPS) is 23.8. The van der Waals surface area contributed by atoms with Crippen molar-refractivity contribution in [2.24, 2.45) is 5.84 Å². The van der Waals surface area contributed by atoms with E-state index in [1.807, 2.05) is 12.3 Å². The van der Waals surface area contributed by atoms with Gasteiger partial charge in [-0.05, 0) is 24.3 Å². The Bertz CT molecular complexity index is 160. The van der Waals surface area contributed by atoms with E-state index in [1.54, 1.807) is 0 Å². The zero-order valence-electron chi connectivity index (χ0n) is 6.09. The van der Waals surface area contributed by atoms with E-state index in [-0.39, 0.29) is 6.17 Å². The van der Waals surface area contributed by atoms with Gasteiger partial charge in [0.05, 0.1) is 0 Å². The molecule has 0 aromatic carbocycles. The third-order valence-corrected chi connectivity index (χ3v) is 1.62. The Hall–Kier alpha value is -0.800. The standard InChI is InChI=1S/C7H13N3/c1-2-6-4-3-5-9-7(6)10-8/h3-5,7,9-10H,2,8H2,1H3. The summed E-state index contributed by atoms with van der Waals surface area (Å²) in [5.41, 5.74) is 3.96. The molecule has 4 N–H and O–H groups in total. The molecule has 0 bridgehead atoms. The Kier molecular flexibility index (Phi) is 2.48. The van der Waals surface area contributed by atoms with Gasteiger partial charge in [0.1, 0.15) is 6.17 Å². The van der Waals surface area contributed by atoms with Gasteiger partial charge in [0, 0.05) is 0 Å². The summed E-state index contributed by atoms with van der Waals surface area (Å²) < 4.78 is 0. The van der Waals surface area contributed by atoms with Crippen LogP contribution in [-0.2, 0) is 0 Å². The Morgan fingerprint density at radius 1 is 1.80 bits per heavy atom. The Morgan fingerprint density at radius 3 is 3.10 bits per heavy atom. The van der Waals surface area contributed by atoms with Gasteiger partial charge in [0.25, 0.3) is 0 Å². The number of hydrogen-bond acceptors (Lipinski definition) is 3. The molecule has 1 aliphatic heterocycles. The van der Waals surface area contributed by atoms with Crippen molar-refractivity contribution < 1.29 is 0 Å². The van der Waals surface area contributed by atoms with Crippen LogP contribution in [0.15, 0.2) is 23.9 Å². The van der Waals surface area contributed by atoms with Gasteiger partial charge in [-0.25, -0.2) is 5.43 Å². The molecule has 56 valence electrons. The first kappa shape index (κ1) is 7.31. The van der Waals surface area contributed by atoms with Crippen LogP contribution in [0.5, 0.6) is 0 Å². The fraction of sp³-hybridized carbons (Fsp3) is 0.429. The van der Waals surface area contributed by atoms with Crippen molar-refractivity contribution in [3.05, 3.63) is 23.9 Å². The average molecular weight is 139 g/mol. The lowest BCUT2D eigenvalue weighted by molar-refractivity contribution is 0.529. The van der Waals surface area contributed by atoms with E-state index in [2.05, 4.69) is 23.7 Å². The first-order valence-electron chi connectivity index (χ1n) is 3.46. The number of allylic oxidation sites excluding steroid dienone is 2. The molecule has 0 fully saturated rings. The number of nitrogens with two attached hydrogens (primary N) is 1. The van der Waals surface area contributed by atoms with Crippen molar-refractivity contribution in [1.82, 2.24) is 10.7 Å². The van der Waals surface area contributed by atoms with Gasteiger partial charge in [0.2, 0.25) is 0 Å². The van der Waals surface area contributed by atoms with Gasteiger partial charge < -0.3 is 5.32 Å².